The lowest BCUT2D eigenvalue weighted by atomic mass is 9.76. The molecule has 1 aromatic carbocycles. The third kappa shape index (κ3) is 5.03. The third-order valence-electron chi connectivity index (χ3n) is 6.43. The van der Waals surface area contributed by atoms with Crippen molar-refractivity contribution in [3.8, 4) is 0 Å². The van der Waals surface area contributed by atoms with Crippen LogP contribution < -0.4 is 11.1 Å². The lowest BCUT2D eigenvalue weighted by Gasteiger charge is -2.38. The molecule has 3 N–H and O–H groups in total. The highest BCUT2D eigenvalue weighted by molar-refractivity contribution is 6.10. The summed E-state index contributed by atoms with van der Waals surface area (Å²) < 4.78 is 12.1. The lowest BCUT2D eigenvalue weighted by molar-refractivity contribution is 0.0502. The van der Waals surface area contributed by atoms with E-state index in [0.717, 1.165) is 51.6 Å². The highest BCUT2D eigenvalue weighted by atomic mass is 16.5. The first kappa shape index (κ1) is 24.7. The van der Waals surface area contributed by atoms with Gasteiger partial charge < -0.3 is 20.5 Å². The fourth-order valence-corrected chi connectivity index (χ4v) is 4.78. The molecule has 4 rings (SSSR count). The Morgan fingerprint density at radius 3 is 2.69 bits per heavy atom. The zero-order valence-electron chi connectivity index (χ0n) is 21.1. The van der Waals surface area contributed by atoms with Crippen LogP contribution in [0.4, 0.5) is 0 Å². The van der Waals surface area contributed by atoms with E-state index in [9.17, 15) is 4.79 Å². The predicted molar refractivity (Wildman–Crippen MR) is 141 cm³/mol. The minimum absolute atomic E-state index is 0.117. The molecule has 1 aromatic rings. The second-order valence-electron chi connectivity index (χ2n) is 8.90. The fourth-order valence-electron chi connectivity index (χ4n) is 4.78. The minimum Gasteiger partial charge on any atom is -0.485 e. The Balaban J connectivity index is 1.89. The van der Waals surface area contributed by atoms with Gasteiger partial charge in [0.2, 0.25) is 0 Å². The number of ether oxygens (including phenoxy) is 2. The molecule has 184 valence electrons. The summed E-state index contributed by atoms with van der Waals surface area (Å²) in [5, 5.41) is 3.44. The van der Waals surface area contributed by atoms with Gasteiger partial charge in [-0.05, 0) is 81.2 Å². The number of hydrogen-bond acceptors (Lipinski definition) is 6. The van der Waals surface area contributed by atoms with Crippen molar-refractivity contribution in [3.63, 3.8) is 0 Å². The average Bonchev–Trinajstić information content (AvgIpc) is 2.85. The molecule has 0 amide bonds. The van der Waals surface area contributed by atoms with E-state index in [1.165, 1.54) is 0 Å². The van der Waals surface area contributed by atoms with Gasteiger partial charge in [0.15, 0.2) is 0 Å². The largest absolute Gasteiger partial charge is 0.485 e. The number of nitrogens with zero attached hydrogens (tertiary/aromatic N) is 1. The van der Waals surface area contributed by atoms with Crippen LogP contribution in [-0.4, -0.2) is 44.0 Å². The minimum atomic E-state index is -0.333. The van der Waals surface area contributed by atoms with E-state index in [1.807, 2.05) is 31.2 Å². The Bertz CT molecular complexity index is 1180. The second kappa shape index (κ2) is 10.9. The van der Waals surface area contributed by atoms with Gasteiger partial charge in [-0.25, -0.2) is 4.79 Å². The Hall–Kier alpha value is -3.38. The van der Waals surface area contributed by atoms with Gasteiger partial charge >= 0.3 is 5.97 Å². The molecule has 0 radical (unpaired) electrons. The van der Waals surface area contributed by atoms with Gasteiger partial charge in [-0.1, -0.05) is 24.3 Å². The molecule has 35 heavy (non-hydrogen) atoms. The summed E-state index contributed by atoms with van der Waals surface area (Å²) in [6.45, 7) is 10.6. The lowest BCUT2D eigenvalue weighted by Crippen LogP contribution is -2.31. The monoisotopic (exact) mass is 473 g/mol. The van der Waals surface area contributed by atoms with Crippen LogP contribution in [0.1, 0.15) is 50.0 Å². The fraction of sp³-hybridized carbons (Fsp3) is 0.379. The number of allylic oxidation sites excluding steroid dienone is 4. The summed E-state index contributed by atoms with van der Waals surface area (Å²) in [6, 6.07) is 7.69. The first-order chi connectivity index (χ1) is 17.0. The van der Waals surface area contributed by atoms with Crippen molar-refractivity contribution in [3.05, 3.63) is 87.9 Å². The Morgan fingerprint density at radius 1 is 1.14 bits per heavy atom. The molecule has 0 saturated carbocycles. The van der Waals surface area contributed by atoms with Crippen LogP contribution >= 0.6 is 0 Å². The maximum atomic E-state index is 13.1. The van der Waals surface area contributed by atoms with E-state index in [-0.39, 0.29) is 18.0 Å². The zero-order valence-corrected chi connectivity index (χ0v) is 21.1. The number of nitrogens with one attached hydrogen (secondary N) is 1. The molecule has 2 unspecified atom stereocenters. The van der Waals surface area contributed by atoms with Crippen molar-refractivity contribution in [2.24, 2.45) is 16.6 Å². The molecule has 0 saturated heterocycles. The van der Waals surface area contributed by atoms with Gasteiger partial charge in [-0.2, -0.15) is 0 Å². The van der Waals surface area contributed by atoms with E-state index < -0.39 is 0 Å². The number of esters is 1. The number of benzene rings is 1. The quantitative estimate of drug-likeness (QED) is 0.422. The maximum Gasteiger partial charge on any atom is 0.338 e. The van der Waals surface area contributed by atoms with E-state index in [1.54, 1.807) is 0 Å². The normalized spacial score (nSPS) is 22.3. The van der Waals surface area contributed by atoms with Gasteiger partial charge in [-0.15, -0.1) is 0 Å². The number of rotatable bonds is 8. The third-order valence-corrected chi connectivity index (χ3v) is 6.43. The van der Waals surface area contributed by atoms with Gasteiger partial charge in [0.25, 0.3) is 0 Å². The number of likely N-dealkylation sites (N-methyl/N-ethyl adjacent to an activating group) is 1. The summed E-state index contributed by atoms with van der Waals surface area (Å²) in [5.74, 6) is 0.395. The molecule has 3 aliphatic rings. The molecule has 0 spiro atoms. The van der Waals surface area contributed by atoms with Gasteiger partial charge in [0, 0.05) is 30.4 Å². The molecular weight excluding hydrogens is 438 g/mol. The van der Waals surface area contributed by atoms with Crippen LogP contribution in [0.5, 0.6) is 0 Å². The predicted octanol–water partition coefficient (Wildman–Crippen LogP) is 4.72. The molecule has 0 aromatic heterocycles. The van der Waals surface area contributed by atoms with E-state index in [2.05, 4.69) is 55.4 Å². The van der Waals surface area contributed by atoms with Gasteiger partial charge in [0.1, 0.15) is 11.9 Å². The summed E-state index contributed by atoms with van der Waals surface area (Å²) in [6.07, 6.45) is 8.94. The second-order valence-corrected chi connectivity index (χ2v) is 8.90. The number of carbonyl (C=O) groups excluding carboxylic acids is 1. The average molecular weight is 474 g/mol. The molecule has 1 heterocycles. The first-order valence-corrected chi connectivity index (χ1v) is 12.4. The van der Waals surface area contributed by atoms with E-state index in [4.69, 9.17) is 15.2 Å². The van der Waals surface area contributed by atoms with Crippen molar-refractivity contribution in [1.29, 1.82) is 0 Å². The molecular formula is C29H35N3O3. The van der Waals surface area contributed by atoms with Gasteiger partial charge in [0.05, 0.1) is 23.8 Å². The molecule has 6 nitrogen and oxygen atoms in total. The molecule has 6 heteroatoms. The van der Waals surface area contributed by atoms with Crippen LogP contribution in [0.25, 0.3) is 5.57 Å². The molecule has 2 aliphatic carbocycles. The summed E-state index contributed by atoms with van der Waals surface area (Å²) in [5.41, 5.74) is 13.4. The zero-order chi connectivity index (χ0) is 24.9. The van der Waals surface area contributed by atoms with E-state index >= 15 is 0 Å². The Labute approximate surface area is 208 Å². The number of aliphatic imine (C=N–C) groups is 1. The summed E-state index contributed by atoms with van der Waals surface area (Å²) in [7, 11) is 0. The van der Waals surface area contributed by atoms with E-state index in [0.29, 0.717) is 31.7 Å². The standard InChI is InChI=1S/C29H35N3O3/c1-5-31-24-16-26-22(14-18(24)3)28(23-15-19(4)25(32-6-2)17-27(23)35-26)20-10-7-8-11-21(20)29(33)34-13-9-12-30/h7-8,10-11,14-17,22,27,32H,5-6,9,12-13,30H2,1-4H3. The van der Waals surface area contributed by atoms with Crippen LogP contribution in [0, 0.1) is 5.92 Å². The maximum absolute atomic E-state index is 13.1. The summed E-state index contributed by atoms with van der Waals surface area (Å²) >= 11 is 0. The van der Waals surface area contributed by atoms with Crippen LogP contribution in [0.15, 0.2) is 81.7 Å². The smallest absolute Gasteiger partial charge is 0.338 e. The van der Waals surface area contributed by atoms with Crippen molar-refractivity contribution < 1.29 is 14.3 Å². The van der Waals surface area contributed by atoms with Crippen molar-refractivity contribution in [1.82, 2.24) is 5.32 Å². The number of fused-ring (bicyclic) bond motifs is 2. The van der Waals surface area contributed by atoms with Crippen LogP contribution in [0.3, 0.4) is 0 Å². The van der Waals surface area contributed by atoms with Crippen LogP contribution in [0.2, 0.25) is 0 Å². The number of carbonyl (C=O) groups is 1. The topological polar surface area (TPSA) is 85.9 Å². The Kier molecular flexibility index (Phi) is 7.71. The molecule has 0 fully saturated rings. The van der Waals surface area contributed by atoms with Crippen LogP contribution in [-0.2, 0) is 9.47 Å². The molecule has 2 atom stereocenters. The summed E-state index contributed by atoms with van der Waals surface area (Å²) in [4.78, 5) is 17.8. The van der Waals surface area contributed by atoms with Crippen molar-refractivity contribution >= 4 is 17.3 Å². The Morgan fingerprint density at radius 2 is 1.94 bits per heavy atom. The molecule has 1 aliphatic heterocycles. The molecule has 0 bridgehead atoms. The highest BCUT2D eigenvalue weighted by Crippen LogP contribution is 2.46. The van der Waals surface area contributed by atoms with Crippen molar-refractivity contribution in [2.45, 2.75) is 40.2 Å². The highest BCUT2D eigenvalue weighted by Gasteiger charge is 2.38. The number of hydrogen-bond donors (Lipinski definition) is 2. The first-order valence-electron chi connectivity index (χ1n) is 12.4. The SMILES string of the molecule is CCN=C1C=C2OC3C=C(NCC)C(C)=CC3=C(c3ccccc3C(=O)OCCCN)C2C=C1C. The van der Waals surface area contributed by atoms with Gasteiger partial charge in [-0.3, -0.25) is 4.99 Å². The number of nitrogens with two attached hydrogens (primary N) is 1. The van der Waals surface area contributed by atoms with Crippen molar-refractivity contribution in [2.75, 3.05) is 26.2 Å².